The van der Waals surface area contributed by atoms with Crippen LogP contribution < -0.4 is 15.5 Å². The molecule has 2 heterocycles. The van der Waals surface area contributed by atoms with Crippen LogP contribution in [0.3, 0.4) is 0 Å². The maximum Gasteiger partial charge on any atom is 0.257 e. The lowest BCUT2D eigenvalue weighted by Crippen LogP contribution is -2.35. The van der Waals surface area contributed by atoms with Gasteiger partial charge < -0.3 is 25.6 Å². The lowest BCUT2D eigenvalue weighted by Gasteiger charge is -2.31. The lowest BCUT2D eigenvalue weighted by molar-refractivity contribution is 0.101. The molecule has 2 amide bonds. The number of benzene rings is 4. The van der Waals surface area contributed by atoms with Gasteiger partial charge in [0.2, 0.25) is 0 Å². The van der Waals surface area contributed by atoms with Gasteiger partial charge in [-0.2, -0.15) is 0 Å². The molecule has 0 saturated carbocycles. The van der Waals surface area contributed by atoms with Crippen LogP contribution in [-0.4, -0.2) is 46.9 Å². The van der Waals surface area contributed by atoms with Gasteiger partial charge in [0, 0.05) is 64.5 Å². The minimum Gasteiger partial charge on any atom is -0.393 e. The molecule has 0 bridgehead atoms. The van der Waals surface area contributed by atoms with Crippen molar-refractivity contribution in [2.45, 2.75) is 18.9 Å². The van der Waals surface area contributed by atoms with Crippen molar-refractivity contribution >= 4 is 45.6 Å². The van der Waals surface area contributed by atoms with Crippen molar-refractivity contribution in [3.63, 3.8) is 0 Å². The highest BCUT2D eigenvalue weighted by Crippen LogP contribution is 2.22. The van der Waals surface area contributed by atoms with Crippen molar-refractivity contribution in [2.75, 3.05) is 28.6 Å². The number of ketones is 1. The Bertz CT molecular complexity index is 1730. The first-order valence-electron chi connectivity index (χ1n) is 13.8. The van der Waals surface area contributed by atoms with Crippen molar-refractivity contribution in [2.24, 2.45) is 0 Å². The van der Waals surface area contributed by atoms with Crippen LogP contribution in [0.4, 0.5) is 17.1 Å². The van der Waals surface area contributed by atoms with E-state index in [1.807, 2.05) is 18.2 Å². The number of carbonyl (C=O) groups is 3. The zero-order valence-corrected chi connectivity index (χ0v) is 22.8. The number of fused-ring (bicyclic) bond motifs is 1. The maximum atomic E-state index is 13.1. The van der Waals surface area contributed by atoms with Crippen LogP contribution in [-0.2, 0) is 0 Å². The Kier molecular flexibility index (Phi) is 7.53. The predicted molar refractivity (Wildman–Crippen MR) is 163 cm³/mol. The van der Waals surface area contributed by atoms with Gasteiger partial charge in [-0.3, -0.25) is 14.4 Å². The third-order valence-corrected chi connectivity index (χ3v) is 7.52. The third-order valence-electron chi connectivity index (χ3n) is 7.52. The summed E-state index contributed by atoms with van der Waals surface area (Å²) in [6.45, 7) is 1.59. The molecule has 0 spiro atoms. The fourth-order valence-corrected chi connectivity index (χ4v) is 5.13. The van der Waals surface area contributed by atoms with Gasteiger partial charge in [0.25, 0.3) is 11.8 Å². The Morgan fingerprint density at radius 3 is 1.93 bits per heavy atom. The highest BCUT2D eigenvalue weighted by atomic mass is 16.3. The monoisotopic (exact) mass is 557 g/mol. The Labute approximate surface area is 243 Å². The second-order valence-electron chi connectivity index (χ2n) is 10.3. The molecule has 0 atom stereocenters. The van der Waals surface area contributed by atoms with Gasteiger partial charge in [0.15, 0.2) is 5.78 Å². The number of para-hydroxylation sites is 1. The van der Waals surface area contributed by atoms with Gasteiger partial charge >= 0.3 is 0 Å². The summed E-state index contributed by atoms with van der Waals surface area (Å²) in [5.74, 6) is -0.664. The van der Waals surface area contributed by atoms with E-state index in [1.165, 1.54) is 0 Å². The van der Waals surface area contributed by atoms with E-state index in [1.54, 1.807) is 79.0 Å². The first-order chi connectivity index (χ1) is 20.4. The van der Waals surface area contributed by atoms with Gasteiger partial charge in [0.05, 0.1) is 17.2 Å². The fraction of sp³-hybridized carbons (Fsp3) is 0.147. The number of carbonyl (C=O) groups excluding carboxylic acids is 3. The topological polar surface area (TPSA) is 115 Å². The molecule has 1 saturated heterocycles. The summed E-state index contributed by atoms with van der Waals surface area (Å²) < 4.78 is 0. The lowest BCUT2D eigenvalue weighted by atomic mass is 10.0. The summed E-state index contributed by atoms with van der Waals surface area (Å²) in [5.41, 5.74) is 4.91. The molecular weight excluding hydrogens is 528 g/mol. The molecule has 4 aromatic carbocycles. The summed E-state index contributed by atoms with van der Waals surface area (Å²) in [6.07, 6.45) is 2.93. The number of hydrogen-bond acceptors (Lipinski definition) is 5. The number of aromatic nitrogens is 1. The Hall–Kier alpha value is -5.21. The van der Waals surface area contributed by atoms with Gasteiger partial charge in [0.1, 0.15) is 0 Å². The number of anilines is 3. The molecule has 1 aliphatic heterocycles. The number of piperidine rings is 1. The molecule has 1 aliphatic rings. The van der Waals surface area contributed by atoms with Crippen LogP contribution in [0.5, 0.6) is 0 Å². The number of H-pyrrole nitrogens is 1. The van der Waals surface area contributed by atoms with Gasteiger partial charge in [-0.15, -0.1) is 0 Å². The predicted octanol–water partition coefficient (Wildman–Crippen LogP) is 5.66. The van der Waals surface area contributed by atoms with Crippen molar-refractivity contribution in [3.05, 3.63) is 126 Å². The molecule has 42 heavy (non-hydrogen) atoms. The number of aliphatic hydroxyl groups excluding tert-OH is 1. The van der Waals surface area contributed by atoms with Crippen molar-refractivity contribution in [1.29, 1.82) is 0 Å². The second kappa shape index (κ2) is 11.7. The van der Waals surface area contributed by atoms with Gasteiger partial charge in [-0.1, -0.05) is 12.1 Å². The normalized spacial score (nSPS) is 13.6. The average Bonchev–Trinajstić information content (AvgIpc) is 3.51. The van der Waals surface area contributed by atoms with Gasteiger partial charge in [-0.05, 0) is 91.7 Å². The largest absolute Gasteiger partial charge is 0.393 e. The van der Waals surface area contributed by atoms with Crippen LogP contribution in [0.25, 0.3) is 10.9 Å². The number of rotatable bonds is 7. The quantitative estimate of drug-likeness (QED) is 0.193. The molecule has 209 valence electrons. The van der Waals surface area contributed by atoms with E-state index in [9.17, 15) is 19.5 Å². The summed E-state index contributed by atoms with van der Waals surface area (Å²) in [4.78, 5) is 43.9. The number of aliphatic hydroxyl groups is 1. The second-order valence-corrected chi connectivity index (χ2v) is 10.3. The molecule has 1 fully saturated rings. The number of hydrogen-bond donors (Lipinski definition) is 4. The van der Waals surface area contributed by atoms with Crippen molar-refractivity contribution < 1.29 is 19.5 Å². The molecule has 1 aromatic heterocycles. The molecule has 6 rings (SSSR count). The standard InChI is InChI=1S/C34H29N4O4/c39-29-17-20-38(21-18-29)28-14-8-25(9-15-28)33(41)36-26-10-4-23(5-11-26)32(40)24-6-12-27(13-7-24)37-34(42)30-3-1-2-22-16-19-35-31(22)30/h1-15,19,29,35,39H,17-18,20-21H2,(H,36,41)(H,37,42). The van der Waals surface area contributed by atoms with Crippen LogP contribution in [0, 0.1) is 6.07 Å². The number of aromatic amines is 1. The molecular formula is C34H29N4O4. The minimum atomic E-state index is -0.258. The number of nitrogens with one attached hydrogen (secondary N) is 3. The summed E-state index contributed by atoms with van der Waals surface area (Å²) in [7, 11) is 0. The Morgan fingerprint density at radius 2 is 1.31 bits per heavy atom. The molecule has 1 radical (unpaired) electrons. The zero-order valence-electron chi connectivity index (χ0n) is 22.8. The van der Waals surface area contributed by atoms with E-state index in [2.05, 4.69) is 26.6 Å². The highest BCUT2D eigenvalue weighted by Gasteiger charge is 2.18. The molecule has 0 aliphatic carbocycles. The highest BCUT2D eigenvalue weighted by molar-refractivity contribution is 6.13. The molecule has 5 aromatic rings. The molecule has 0 unspecified atom stereocenters. The average molecular weight is 558 g/mol. The van der Waals surface area contributed by atoms with Crippen molar-refractivity contribution in [1.82, 2.24) is 4.98 Å². The number of nitrogens with zero attached hydrogens (tertiary/aromatic N) is 1. The maximum absolute atomic E-state index is 13.1. The van der Waals surface area contributed by atoms with Crippen LogP contribution in [0.15, 0.2) is 97.2 Å². The first-order valence-corrected chi connectivity index (χ1v) is 13.8. The fourth-order valence-electron chi connectivity index (χ4n) is 5.13. The molecule has 8 nitrogen and oxygen atoms in total. The third kappa shape index (κ3) is 5.80. The van der Waals surface area contributed by atoms with E-state index < -0.39 is 0 Å². The Balaban J connectivity index is 1.05. The van der Waals surface area contributed by atoms with E-state index >= 15 is 0 Å². The van der Waals surface area contributed by atoms with E-state index in [-0.39, 0.29) is 23.7 Å². The molecule has 8 heteroatoms. The van der Waals surface area contributed by atoms with E-state index in [4.69, 9.17) is 0 Å². The van der Waals surface area contributed by atoms with E-state index in [0.29, 0.717) is 33.6 Å². The minimum absolute atomic E-state index is 0.168. The van der Waals surface area contributed by atoms with Crippen LogP contribution in [0.2, 0.25) is 0 Å². The zero-order chi connectivity index (χ0) is 29.1. The van der Waals surface area contributed by atoms with E-state index in [0.717, 1.165) is 42.5 Å². The Morgan fingerprint density at radius 1 is 0.738 bits per heavy atom. The van der Waals surface area contributed by atoms with Crippen LogP contribution >= 0.6 is 0 Å². The summed E-state index contributed by atoms with van der Waals surface area (Å²) >= 11 is 0. The van der Waals surface area contributed by atoms with Crippen LogP contribution in [0.1, 0.15) is 49.5 Å². The summed E-state index contributed by atoms with van der Waals surface area (Å²) in [5, 5.41) is 16.3. The smallest absolute Gasteiger partial charge is 0.257 e. The molecule has 4 N–H and O–H groups in total. The first kappa shape index (κ1) is 27.0. The van der Waals surface area contributed by atoms with Gasteiger partial charge in [-0.25, -0.2) is 0 Å². The SMILES string of the molecule is O=C(Nc1ccc(C(=O)c2ccc(NC(=O)c3cccc4[c]c[nH]c34)cc2)cc1)c1ccc(N2CCC(O)CC2)cc1. The number of amides is 2. The van der Waals surface area contributed by atoms with Crippen molar-refractivity contribution in [3.8, 4) is 0 Å². The summed E-state index contributed by atoms with van der Waals surface area (Å²) in [6, 6.07) is 29.4.